The Kier molecular flexibility index (Phi) is 7.85. The number of amides is 2. The van der Waals surface area contributed by atoms with Crippen LogP contribution in [0.4, 0.5) is 17.2 Å². The number of carbonyl (C=O) groups excluding carboxylic acids is 2. The molecule has 0 radical (unpaired) electrons. The number of ether oxygens (including phenoxy) is 1. The lowest BCUT2D eigenvalue weighted by Crippen LogP contribution is -2.40. The first-order chi connectivity index (χ1) is 21.2. The number of morpholine rings is 1. The van der Waals surface area contributed by atoms with Crippen LogP contribution in [0.15, 0.2) is 90.2 Å². The third-order valence-corrected chi connectivity index (χ3v) is 8.60. The van der Waals surface area contributed by atoms with Gasteiger partial charge < -0.3 is 24.7 Å². The van der Waals surface area contributed by atoms with Crippen LogP contribution in [0.1, 0.15) is 26.3 Å². The van der Waals surface area contributed by atoms with Gasteiger partial charge in [0, 0.05) is 66.0 Å². The zero-order valence-corrected chi connectivity index (χ0v) is 25.0. The van der Waals surface area contributed by atoms with Gasteiger partial charge in [-0.05, 0) is 67.1 Å². The Labute approximate surface area is 254 Å². The normalized spacial score (nSPS) is 13.5. The predicted molar refractivity (Wildman–Crippen MR) is 167 cm³/mol. The van der Waals surface area contributed by atoms with Crippen molar-refractivity contribution in [1.29, 1.82) is 0 Å². The molecule has 1 fully saturated rings. The summed E-state index contributed by atoms with van der Waals surface area (Å²) in [6.07, 6.45) is 6.51. The van der Waals surface area contributed by atoms with Crippen LogP contribution in [0, 0.1) is 6.92 Å². The lowest BCUT2D eigenvalue weighted by molar-refractivity contribution is 0.0303. The van der Waals surface area contributed by atoms with Gasteiger partial charge in [-0.3, -0.25) is 9.59 Å². The van der Waals surface area contributed by atoms with Gasteiger partial charge >= 0.3 is 0 Å². The number of hydrogen-bond donors (Lipinski definition) is 2. The SMILES string of the molecule is Cc1c(NC(=O)c2ccc(S(C)(=O)=O)cc2)cccc1-c1cn2ccnc2c(Nc2ccc(C(=O)N3CCOCC3)cc2)n1. The second kappa shape index (κ2) is 11.9. The number of hydrogen-bond acceptors (Lipinski definition) is 8. The predicted octanol–water partition coefficient (Wildman–Crippen LogP) is 4.58. The molecule has 12 heteroatoms. The number of sulfone groups is 1. The molecular formula is C32H30N6O5S. The molecule has 1 aliphatic heterocycles. The number of nitrogens with one attached hydrogen (secondary N) is 2. The summed E-state index contributed by atoms with van der Waals surface area (Å²) >= 11 is 0. The van der Waals surface area contributed by atoms with Gasteiger partial charge in [-0.25, -0.2) is 18.4 Å². The van der Waals surface area contributed by atoms with Crippen LogP contribution in [-0.2, 0) is 14.6 Å². The number of fused-ring (bicyclic) bond motifs is 1. The van der Waals surface area contributed by atoms with Crippen LogP contribution in [0.2, 0.25) is 0 Å². The van der Waals surface area contributed by atoms with Crippen molar-refractivity contribution in [2.75, 3.05) is 43.2 Å². The van der Waals surface area contributed by atoms with Crippen LogP contribution >= 0.6 is 0 Å². The van der Waals surface area contributed by atoms with E-state index in [1.807, 2.05) is 48.0 Å². The minimum absolute atomic E-state index is 0.0241. The van der Waals surface area contributed by atoms with E-state index in [1.54, 1.807) is 29.3 Å². The van der Waals surface area contributed by atoms with Gasteiger partial charge in [0.25, 0.3) is 11.8 Å². The molecule has 0 atom stereocenters. The van der Waals surface area contributed by atoms with E-state index in [4.69, 9.17) is 9.72 Å². The van der Waals surface area contributed by atoms with Gasteiger partial charge in [0.05, 0.1) is 23.8 Å². The van der Waals surface area contributed by atoms with Crippen LogP contribution in [0.5, 0.6) is 0 Å². The highest BCUT2D eigenvalue weighted by molar-refractivity contribution is 7.90. The highest BCUT2D eigenvalue weighted by atomic mass is 32.2. The zero-order chi connectivity index (χ0) is 30.8. The molecule has 2 amide bonds. The number of benzene rings is 3. The van der Waals surface area contributed by atoms with Gasteiger partial charge in [0.2, 0.25) is 0 Å². The van der Waals surface area contributed by atoms with E-state index in [9.17, 15) is 18.0 Å². The average molecular weight is 611 g/mol. The maximum absolute atomic E-state index is 13.0. The van der Waals surface area contributed by atoms with E-state index < -0.39 is 9.84 Å². The number of rotatable bonds is 7. The molecule has 3 heterocycles. The highest BCUT2D eigenvalue weighted by Gasteiger charge is 2.19. The fourth-order valence-corrected chi connectivity index (χ4v) is 5.65. The molecule has 0 spiro atoms. The second-order valence-corrected chi connectivity index (χ2v) is 12.5. The summed E-state index contributed by atoms with van der Waals surface area (Å²) in [4.78, 5) is 37.1. The Morgan fingerprint density at radius 3 is 2.34 bits per heavy atom. The Balaban J connectivity index is 1.25. The Morgan fingerprint density at radius 2 is 1.64 bits per heavy atom. The molecule has 1 aliphatic rings. The quantitative estimate of drug-likeness (QED) is 0.274. The van der Waals surface area contributed by atoms with Crippen molar-refractivity contribution in [2.45, 2.75) is 11.8 Å². The van der Waals surface area contributed by atoms with Crippen LogP contribution in [0.25, 0.3) is 16.9 Å². The maximum Gasteiger partial charge on any atom is 0.255 e. The molecule has 3 aromatic carbocycles. The van der Waals surface area contributed by atoms with Gasteiger partial charge in [-0.2, -0.15) is 0 Å². The van der Waals surface area contributed by atoms with Crippen molar-refractivity contribution in [3.8, 4) is 11.3 Å². The second-order valence-electron chi connectivity index (χ2n) is 10.5. The van der Waals surface area contributed by atoms with Crippen LogP contribution in [0.3, 0.4) is 0 Å². The van der Waals surface area contributed by atoms with Gasteiger partial charge in [-0.1, -0.05) is 12.1 Å². The summed E-state index contributed by atoms with van der Waals surface area (Å²) in [5, 5.41) is 6.27. The minimum atomic E-state index is -3.36. The topological polar surface area (TPSA) is 135 Å². The minimum Gasteiger partial charge on any atom is -0.378 e. The zero-order valence-electron chi connectivity index (χ0n) is 24.1. The number of aromatic nitrogens is 3. The lowest BCUT2D eigenvalue weighted by atomic mass is 10.0. The molecule has 44 heavy (non-hydrogen) atoms. The van der Waals surface area contributed by atoms with Crippen LogP contribution < -0.4 is 10.6 Å². The van der Waals surface area contributed by atoms with E-state index >= 15 is 0 Å². The fourth-order valence-electron chi connectivity index (χ4n) is 5.02. The first-order valence-corrected chi connectivity index (χ1v) is 15.9. The first kappa shape index (κ1) is 29.0. The molecular weight excluding hydrogens is 580 g/mol. The molecule has 224 valence electrons. The molecule has 0 saturated carbocycles. The molecule has 5 aromatic rings. The smallest absolute Gasteiger partial charge is 0.255 e. The maximum atomic E-state index is 13.0. The monoisotopic (exact) mass is 610 g/mol. The van der Waals surface area contributed by atoms with Crippen molar-refractivity contribution in [3.05, 3.63) is 102 Å². The van der Waals surface area contributed by atoms with Crippen LogP contribution in [-0.4, -0.2) is 72.1 Å². The van der Waals surface area contributed by atoms with Crippen molar-refractivity contribution in [2.24, 2.45) is 0 Å². The van der Waals surface area contributed by atoms with E-state index in [0.29, 0.717) is 60.3 Å². The standard InChI is InChI=1S/C32H30N6O5S/c1-21-26(4-3-5-27(21)36-31(39)22-8-12-25(13-9-22)44(2,41)42)28-20-38-15-14-33-30(38)29(35-28)34-24-10-6-23(7-11-24)32(40)37-16-18-43-19-17-37/h3-15,20H,16-19H2,1-2H3,(H,34,35)(H,36,39). The summed E-state index contributed by atoms with van der Waals surface area (Å²) < 4.78 is 30.8. The first-order valence-electron chi connectivity index (χ1n) is 14.0. The van der Waals surface area contributed by atoms with Crippen molar-refractivity contribution in [1.82, 2.24) is 19.3 Å². The third-order valence-electron chi connectivity index (χ3n) is 7.47. The molecule has 2 aromatic heterocycles. The van der Waals surface area contributed by atoms with Gasteiger partial charge in [-0.15, -0.1) is 0 Å². The molecule has 0 bridgehead atoms. The van der Waals surface area contributed by atoms with Crippen molar-refractivity contribution >= 4 is 44.5 Å². The molecule has 11 nitrogen and oxygen atoms in total. The van der Waals surface area contributed by atoms with E-state index in [0.717, 1.165) is 23.1 Å². The molecule has 0 aliphatic carbocycles. The van der Waals surface area contributed by atoms with Crippen molar-refractivity contribution in [3.63, 3.8) is 0 Å². The summed E-state index contributed by atoms with van der Waals surface area (Å²) in [5.74, 6) is 0.143. The number of imidazole rings is 1. The summed E-state index contributed by atoms with van der Waals surface area (Å²) in [7, 11) is -3.36. The van der Waals surface area contributed by atoms with E-state index in [1.165, 1.54) is 24.3 Å². The number of anilines is 3. The molecule has 1 saturated heterocycles. The van der Waals surface area contributed by atoms with Crippen molar-refractivity contribution < 1.29 is 22.7 Å². The number of nitrogens with zero attached hydrogens (tertiary/aromatic N) is 4. The summed E-state index contributed by atoms with van der Waals surface area (Å²) in [6, 6.07) is 18.6. The average Bonchev–Trinajstić information content (AvgIpc) is 3.51. The van der Waals surface area contributed by atoms with E-state index in [-0.39, 0.29) is 16.7 Å². The molecule has 6 rings (SSSR count). The summed E-state index contributed by atoms with van der Waals surface area (Å²) in [6.45, 7) is 4.15. The number of carbonyl (C=O) groups is 2. The van der Waals surface area contributed by atoms with Gasteiger partial charge in [0.1, 0.15) is 0 Å². The van der Waals surface area contributed by atoms with E-state index in [2.05, 4.69) is 15.6 Å². The largest absolute Gasteiger partial charge is 0.378 e. The Morgan fingerprint density at radius 1 is 0.932 bits per heavy atom. The lowest BCUT2D eigenvalue weighted by Gasteiger charge is -2.26. The Hall–Kier alpha value is -5.07. The molecule has 2 N–H and O–H groups in total. The third kappa shape index (κ3) is 6.03. The van der Waals surface area contributed by atoms with Gasteiger partial charge in [0.15, 0.2) is 21.3 Å². The summed E-state index contributed by atoms with van der Waals surface area (Å²) in [5.41, 5.74) is 5.18. The fraction of sp³-hybridized carbons (Fsp3) is 0.188. The molecule has 0 unspecified atom stereocenters. The highest BCUT2D eigenvalue weighted by Crippen LogP contribution is 2.30. The Bertz CT molecular complexity index is 1970.